The van der Waals surface area contributed by atoms with E-state index in [0.717, 1.165) is 41.7 Å². The molecular formula is C25H28N4O3. The maximum absolute atomic E-state index is 12.7. The molecule has 3 aromatic rings. The van der Waals surface area contributed by atoms with E-state index in [-0.39, 0.29) is 23.7 Å². The first-order valence-electron chi connectivity index (χ1n) is 11.0. The Labute approximate surface area is 187 Å². The normalized spacial score (nSPS) is 16.7. The van der Waals surface area contributed by atoms with Crippen LogP contribution in [0.4, 0.5) is 5.95 Å². The second kappa shape index (κ2) is 9.77. The quantitative estimate of drug-likeness (QED) is 0.560. The highest BCUT2D eigenvalue weighted by Crippen LogP contribution is 2.26. The van der Waals surface area contributed by atoms with Gasteiger partial charge in [-0.15, -0.1) is 5.10 Å². The van der Waals surface area contributed by atoms with Crippen molar-refractivity contribution >= 4 is 17.6 Å². The number of methoxy groups -OCH3 is 1. The number of benzene rings is 2. The van der Waals surface area contributed by atoms with Crippen molar-refractivity contribution in [1.29, 1.82) is 0 Å². The number of rotatable bonds is 8. The smallest absolute Gasteiger partial charge is 0.248 e. The molecule has 7 nitrogen and oxygen atoms in total. The zero-order chi connectivity index (χ0) is 22.5. The fourth-order valence-electron chi connectivity index (χ4n) is 4.07. The van der Waals surface area contributed by atoms with E-state index in [1.165, 1.54) is 0 Å². The van der Waals surface area contributed by atoms with E-state index >= 15 is 0 Å². The van der Waals surface area contributed by atoms with Gasteiger partial charge in [0.1, 0.15) is 17.4 Å². The molecule has 1 amide bonds. The number of ether oxygens (including phenoxy) is 1. The van der Waals surface area contributed by atoms with Crippen LogP contribution < -0.4 is 10.1 Å². The fraction of sp³-hybridized carbons (Fsp3) is 0.360. The number of H-pyrrole nitrogens is 1. The van der Waals surface area contributed by atoms with Crippen LogP contribution in [0.5, 0.6) is 5.75 Å². The standard InChI is InChI=1S/C25H28N4O3/c1-16(19-10-6-17(7-11-19)14-20-4-3-5-22(20)30)24(31)27-25-26-23(28-29-25)15-18-8-12-21(32-2)13-9-18/h6-13,16,20H,3-5,14-15H2,1-2H3,(H2,26,27,28,29,31)/t16-,20+/m1/s1. The number of ketones is 1. The third-order valence-electron chi connectivity index (χ3n) is 6.08. The second-order valence-electron chi connectivity index (χ2n) is 8.34. The highest BCUT2D eigenvalue weighted by Gasteiger charge is 2.24. The molecule has 1 heterocycles. The molecule has 1 saturated carbocycles. The Morgan fingerprint density at radius 3 is 2.53 bits per heavy atom. The maximum atomic E-state index is 12.7. The molecule has 166 valence electrons. The number of anilines is 1. The van der Waals surface area contributed by atoms with Gasteiger partial charge in [0.15, 0.2) is 0 Å². The lowest BCUT2D eigenvalue weighted by atomic mass is 9.94. The number of carbonyl (C=O) groups is 2. The molecule has 0 radical (unpaired) electrons. The van der Waals surface area contributed by atoms with Crippen molar-refractivity contribution in [2.75, 3.05) is 12.4 Å². The summed E-state index contributed by atoms with van der Waals surface area (Å²) in [6.45, 7) is 1.86. The van der Waals surface area contributed by atoms with Crippen LogP contribution in [-0.4, -0.2) is 34.0 Å². The van der Waals surface area contributed by atoms with E-state index < -0.39 is 0 Å². The molecule has 1 fully saturated rings. The first-order valence-corrected chi connectivity index (χ1v) is 11.0. The third kappa shape index (κ3) is 5.22. The predicted molar refractivity (Wildman–Crippen MR) is 122 cm³/mol. The number of nitrogens with zero attached hydrogens (tertiary/aromatic N) is 2. The summed E-state index contributed by atoms with van der Waals surface area (Å²) >= 11 is 0. The molecule has 1 aromatic heterocycles. The van der Waals surface area contributed by atoms with Crippen LogP contribution in [0, 0.1) is 5.92 Å². The molecule has 0 aliphatic heterocycles. The van der Waals surface area contributed by atoms with Crippen molar-refractivity contribution in [3.63, 3.8) is 0 Å². The van der Waals surface area contributed by atoms with Gasteiger partial charge in [0.2, 0.25) is 11.9 Å². The first-order chi connectivity index (χ1) is 15.5. The van der Waals surface area contributed by atoms with Gasteiger partial charge < -0.3 is 4.74 Å². The van der Waals surface area contributed by atoms with E-state index in [0.29, 0.717) is 24.4 Å². The summed E-state index contributed by atoms with van der Waals surface area (Å²) < 4.78 is 5.17. The van der Waals surface area contributed by atoms with Gasteiger partial charge in [0, 0.05) is 18.8 Å². The topological polar surface area (TPSA) is 97.0 Å². The van der Waals surface area contributed by atoms with Gasteiger partial charge in [-0.05, 0) is 55.0 Å². The number of aromatic amines is 1. The number of hydrogen-bond donors (Lipinski definition) is 2. The Kier molecular flexibility index (Phi) is 6.63. The van der Waals surface area contributed by atoms with Crippen molar-refractivity contribution in [2.24, 2.45) is 5.92 Å². The lowest BCUT2D eigenvalue weighted by Gasteiger charge is -2.13. The van der Waals surface area contributed by atoms with Gasteiger partial charge in [0.05, 0.1) is 13.0 Å². The molecule has 0 bridgehead atoms. The Bertz CT molecular complexity index is 1070. The van der Waals surface area contributed by atoms with Gasteiger partial charge in [0.25, 0.3) is 0 Å². The highest BCUT2D eigenvalue weighted by atomic mass is 16.5. The third-order valence-corrected chi connectivity index (χ3v) is 6.08. The van der Waals surface area contributed by atoms with Crippen LogP contribution in [0.25, 0.3) is 0 Å². The Morgan fingerprint density at radius 2 is 1.88 bits per heavy atom. The molecule has 1 aliphatic carbocycles. The van der Waals surface area contributed by atoms with Gasteiger partial charge in [-0.1, -0.05) is 36.4 Å². The zero-order valence-corrected chi connectivity index (χ0v) is 18.4. The summed E-state index contributed by atoms with van der Waals surface area (Å²) in [6.07, 6.45) is 4.06. The lowest BCUT2D eigenvalue weighted by molar-refractivity contribution is -0.120. The summed E-state index contributed by atoms with van der Waals surface area (Å²) in [5.41, 5.74) is 3.12. The number of amides is 1. The van der Waals surface area contributed by atoms with Crippen LogP contribution >= 0.6 is 0 Å². The van der Waals surface area contributed by atoms with E-state index in [9.17, 15) is 9.59 Å². The van der Waals surface area contributed by atoms with Crippen molar-refractivity contribution in [2.45, 2.75) is 44.9 Å². The first kappa shape index (κ1) is 21.7. The molecule has 2 N–H and O–H groups in total. The minimum Gasteiger partial charge on any atom is -0.497 e. The van der Waals surface area contributed by atoms with Gasteiger partial charge in [-0.3, -0.25) is 20.0 Å². The number of Topliss-reactive ketones (excluding diaryl/α,β-unsaturated/α-hetero) is 1. The van der Waals surface area contributed by atoms with E-state index in [1.54, 1.807) is 7.11 Å². The van der Waals surface area contributed by atoms with Crippen LogP contribution in [0.3, 0.4) is 0 Å². The van der Waals surface area contributed by atoms with Crippen LogP contribution in [-0.2, 0) is 22.4 Å². The van der Waals surface area contributed by atoms with Gasteiger partial charge in [-0.25, -0.2) is 0 Å². The minimum atomic E-state index is -0.347. The van der Waals surface area contributed by atoms with Gasteiger partial charge in [-0.2, -0.15) is 4.98 Å². The summed E-state index contributed by atoms with van der Waals surface area (Å²) in [5.74, 6) is 1.75. The monoisotopic (exact) mass is 432 g/mol. The van der Waals surface area contributed by atoms with Gasteiger partial charge >= 0.3 is 0 Å². The van der Waals surface area contributed by atoms with Crippen LogP contribution in [0.15, 0.2) is 48.5 Å². The molecule has 1 aliphatic rings. The average Bonchev–Trinajstić information content (AvgIpc) is 3.42. The molecule has 0 saturated heterocycles. The van der Waals surface area contributed by atoms with E-state index in [2.05, 4.69) is 20.5 Å². The maximum Gasteiger partial charge on any atom is 0.248 e. The fourth-order valence-corrected chi connectivity index (χ4v) is 4.07. The number of aromatic nitrogens is 3. The predicted octanol–water partition coefficient (Wildman–Crippen LogP) is 4.06. The Balaban J connectivity index is 1.32. The Morgan fingerprint density at radius 1 is 1.16 bits per heavy atom. The molecular weight excluding hydrogens is 404 g/mol. The number of hydrogen-bond acceptors (Lipinski definition) is 5. The lowest BCUT2D eigenvalue weighted by Crippen LogP contribution is -2.19. The molecule has 2 atom stereocenters. The molecule has 4 rings (SSSR count). The number of carbonyl (C=O) groups excluding carboxylic acids is 2. The minimum absolute atomic E-state index is 0.152. The van der Waals surface area contributed by atoms with E-state index in [1.807, 2.05) is 55.5 Å². The molecule has 0 unspecified atom stereocenters. The van der Waals surface area contributed by atoms with E-state index in [4.69, 9.17) is 4.74 Å². The van der Waals surface area contributed by atoms with Crippen molar-refractivity contribution in [3.05, 3.63) is 71.0 Å². The van der Waals surface area contributed by atoms with Crippen LogP contribution in [0.2, 0.25) is 0 Å². The highest BCUT2D eigenvalue weighted by molar-refractivity contribution is 5.94. The molecule has 7 heteroatoms. The molecule has 2 aromatic carbocycles. The van der Waals surface area contributed by atoms with Crippen molar-refractivity contribution in [1.82, 2.24) is 15.2 Å². The molecule has 32 heavy (non-hydrogen) atoms. The number of nitrogens with one attached hydrogen (secondary N) is 2. The average molecular weight is 433 g/mol. The summed E-state index contributed by atoms with van der Waals surface area (Å²) in [7, 11) is 1.63. The second-order valence-corrected chi connectivity index (χ2v) is 8.34. The largest absolute Gasteiger partial charge is 0.497 e. The van der Waals surface area contributed by atoms with Crippen molar-refractivity contribution in [3.8, 4) is 5.75 Å². The zero-order valence-electron chi connectivity index (χ0n) is 18.4. The molecule has 0 spiro atoms. The van der Waals surface area contributed by atoms with Crippen molar-refractivity contribution < 1.29 is 14.3 Å². The summed E-state index contributed by atoms with van der Waals surface area (Å²) in [4.78, 5) is 28.9. The van der Waals surface area contributed by atoms with Crippen LogP contribution in [0.1, 0.15) is 54.6 Å². The summed E-state index contributed by atoms with van der Waals surface area (Å²) in [6, 6.07) is 15.7. The SMILES string of the molecule is COc1ccc(Cc2nc(NC(=O)[C@H](C)c3ccc(C[C@@H]4CCCC4=O)cc3)n[nH]2)cc1. The Hall–Kier alpha value is -3.48. The summed E-state index contributed by atoms with van der Waals surface area (Å²) in [5, 5.41) is 9.78.